The van der Waals surface area contributed by atoms with Crippen LogP contribution in [0.4, 0.5) is 5.69 Å². The van der Waals surface area contributed by atoms with Gasteiger partial charge in [0.2, 0.25) is 0 Å². The molecule has 0 spiro atoms. The fourth-order valence-corrected chi connectivity index (χ4v) is 1.69. The fraction of sp³-hybridized carbons (Fsp3) is 0.308. The Kier molecular flexibility index (Phi) is 4.89. The van der Waals surface area contributed by atoms with Crippen LogP contribution in [0.25, 0.3) is 0 Å². The van der Waals surface area contributed by atoms with E-state index in [1.807, 2.05) is 6.07 Å². The smallest absolute Gasteiger partial charge is 0.326 e. The van der Waals surface area contributed by atoms with Gasteiger partial charge in [-0.15, -0.1) is 0 Å². The van der Waals surface area contributed by atoms with Crippen LogP contribution in [-0.4, -0.2) is 34.7 Å². The summed E-state index contributed by atoms with van der Waals surface area (Å²) in [7, 11) is 0. The largest absolute Gasteiger partial charge is 0.481 e. The summed E-state index contributed by atoms with van der Waals surface area (Å²) in [6.45, 7) is 1.49. The summed E-state index contributed by atoms with van der Waals surface area (Å²) in [5, 5.41) is 26.8. The topological polar surface area (TPSA) is 102 Å². The highest BCUT2D eigenvalue weighted by Crippen LogP contribution is 2.22. The van der Waals surface area contributed by atoms with E-state index in [4.69, 9.17) is 15.5 Å². The average molecular weight is 262 g/mol. The van der Waals surface area contributed by atoms with E-state index in [-0.39, 0.29) is 13.0 Å². The zero-order valence-electron chi connectivity index (χ0n) is 10.4. The van der Waals surface area contributed by atoms with Gasteiger partial charge in [0.1, 0.15) is 12.1 Å². The minimum atomic E-state index is -1.07. The van der Waals surface area contributed by atoms with Gasteiger partial charge in [-0.2, -0.15) is 5.26 Å². The number of hydrogen-bond acceptors (Lipinski definition) is 4. The first-order chi connectivity index (χ1) is 8.97. The zero-order valence-corrected chi connectivity index (χ0v) is 10.4. The quantitative estimate of drug-likeness (QED) is 0.801. The molecule has 1 unspecified atom stereocenters. The summed E-state index contributed by atoms with van der Waals surface area (Å²) in [5.74, 6) is -2.09. The van der Waals surface area contributed by atoms with Crippen LogP contribution in [0, 0.1) is 11.3 Å². The molecule has 0 aliphatic heterocycles. The first-order valence-corrected chi connectivity index (χ1v) is 5.67. The van der Waals surface area contributed by atoms with Gasteiger partial charge in [0.15, 0.2) is 0 Å². The van der Waals surface area contributed by atoms with Crippen LogP contribution in [0.3, 0.4) is 0 Å². The summed E-state index contributed by atoms with van der Waals surface area (Å²) in [4.78, 5) is 23.1. The number of carboxylic acid groups (broad SMARTS) is 2. The second-order valence-electron chi connectivity index (χ2n) is 3.98. The van der Waals surface area contributed by atoms with Crippen molar-refractivity contribution in [3.05, 3.63) is 29.8 Å². The van der Waals surface area contributed by atoms with E-state index in [0.717, 1.165) is 0 Å². The van der Waals surface area contributed by atoms with Gasteiger partial charge >= 0.3 is 11.9 Å². The number of nitriles is 1. The predicted molar refractivity (Wildman–Crippen MR) is 67.9 cm³/mol. The molecule has 0 heterocycles. The number of carboxylic acids is 2. The maximum Gasteiger partial charge on any atom is 0.326 e. The Morgan fingerprint density at radius 3 is 2.53 bits per heavy atom. The Balaban J connectivity index is 3.11. The third kappa shape index (κ3) is 3.71. The van der Waals surface area contributed by atoms with E-state index in [1.54, 1.807) is 24.3 Å². The highest BCUT2D eigenvalue weighted by atomic mass is 16.4. The first-order valence-electron chi connectivity index (χ1n) is 5.67. The highest BCUT2D eigenvalue weighted by Gasteiger charge is 2.23. The van der Waals surface area contributed by atoms with Crippen molar-refractivity contribution in [2.45, 2.75) is 19.4 Å². The number of carbonyl (C=O) groups is 2. The van der Waals surface area contributed by atoms with E-state index in [9.17, 15) is 9.59 Å². The first kappa shape index (κ1) is 14.5. The average Bonchev–Trinajstić information content (AvgIpc) is 2.38. The SMILES string of the molecule is CC(C(=O)O)N(CCC(=O)O)c1ccccc1C#N. The van der Waals surface area contributed by atoms with Crippen molar-refractivity contribution in [1.82, 2.24) is 0 Å². The van der Waals surface area contributed by atoms with Gasteiger partial charge in [0.05, 0.1) is 17.7 Å². The van der Waals surface area contributed by atoms with Gasteiger partial charge in [-0.1, -0.05) is 12.1 Å². The molecule has 0 aromatic heterocycles. The van der Waals surface area contributed by atoms with Gasteiger partial charge in [-0.25, -0.2) is 4.79 Å². The fourth-order valence-electron chi connectivity index (χ4n) is 1.69. The van der Waals surface area contributed by atoms with Gasteiger partial charge in [0.25, 0.3) is 0 Å². The lowest BCUT2D eigenvalue weighted by Crippen LogP contribution is -2.40. The monoisotopic (exact) mass is 262 g/mol. The Labute approximate surface area is 110 Å². The molecule has 0 radical (unpaired) electrons. The molecule has 1 atom stereocenters. The van der Waals surface area contributed by atoms with Crippen LogP contribution in [-0.2, 0) is 9.59 Å². The maximum atomic E-state index is 11.1. The van der Waals surface area contributed by atoms with Crippen LogP contribution in [0.15, 0.2) is 24.3 Å². The summed E-state index contributed by atoms with van der Waals surface area (Å²) >= 11 is 0. The lowest BCUT2D eigenvalue weighted by Gasteiger charge is -2.28. The standard InChI is InChI=1S/C13H14N2O4/c1-9(13(18)19)15(7-6-12(16)17)11-5-3-2-4-10(11)8-14/h2-5,9H,6-7H2,1H3,(H,16,17)(H,18,19). The van der Waals surface area contributed by atoms with E-state index in [1.165, 1.54) is 11.8 Å². The third-order valence-corrected chi connectivity index (χ3v) is 2.73. The molecular formula is C13H14N2O4. The molecule has 19 heavy (non-hydrogen) atoms. The number of aliphatic carboxylic acids is 2. The van der Waals surface area contributed by atoms with E-state index >= 15 is 0 Å². The van der Waals surface area contributed by atoms with Crippen LogP contribution in [0.2, 0.25) is 0 Å². The molecule has 0 saturated heterocycles. The van der Waals surface area contributed by atoms with Crippen molar-refractivity contribution >= 4 is 17.6 Å². The molecule has 1 aromatic carbocycles. The predicted octanol–water partition coefficient (Wildman–Crippen LogP) is 1.31. The molecule has 2 N–H and O–H groups in total. The Hall–Kier alpha value is -2.55. The lowest BCUT2D eigenvalue weighted by molar-refractivity contribution is -0.139. The summed E-state index contributed by atoms with van der Waals surface area (Å²) in [6.07, 6.45) is -0.197. The molecule has 100 valence electrons. The van der Waals surface area contributed by atoms with Crippen LogP contribution < -0.4 is 4.90 Å². The zero-order chi connectivity index (χ0) is 14.4. The number of nitrogens with zero attached hydrogens (tertiary/aromatic N) is 2. The summed E-state index contributed by atoms with van der Waals surface area (Å²) < 4.78 is 0. The molecule has 6 nitrogen and oxygen atoms in total. The Bertz CT molecular complexity index is 522. The molecule has 0 aliphatic carbocycles. The highest BCUT2D eigenvalue weighted by molar-refractivity contribution is 5.79. The second-order valence-corrected chi connectivity index (χ2v) is 3.98. The van der Waals surface area contributed by atoms with Crippen LogP contribution >= 0.6 is 0 Å². The minimum absolute atomic E-state index is 0.0293. The summed E-state index contributed by atoms with van der Waals surface area (Å²) in [6, 6.07) is 7.59. The molecule has 1 aromatic rings. The van der Waals surface area contributed by atoms with Crippen molar-refractivity contribution in [2.24, 2.45) is 0 Å². The number of benzene rings is 1. The van der Waals surface area contributed by atoms with Crippen LogP contribution in [0.5, 0.6) is 0 Å². The Morgan fingerprint density at radius 2 is 2.00 bits per heavy atom. The summed E-state index contributed by atoms with van der Waals surface area (Å²) in [5.41, 5.74) is 0.752. The Morgan fingerprint density at radius 1 is 1.37 bits per heavy atom. The molecule has 0 saturated carbocycles. The van der Waals surface area contributed by atoms with Crippen LogP contribution in [0.1, 0.15) is 18.9 Å². The molecule has 0 amide bonds. The van der Waals surface area contributed by atoms with Crippen molar-refractivity contribution in [3.63, 3.8) is 0 Å². The van der Waals surface area contributed by atoms with Crippen molar-refractivity contribution in [3.8, 4) is 6.07 Å². The van der Waals surface area contributed by atoms with Gasteiger partial charge < -0.3 is 15.1 Å². The second kappa shape index (κ2) is 6.40. The maximum absolute atomic E-state index is 11.1. The van der Waals surface area contributed by atoms with Gasteiger partial charge in [0, 0.05) is 6.54 Å². The molecule has 6 heteroatoms. The van der Waals surface area contributed by atoms with E-state index in [2.05, 4.69) is 0 Å². The van der Waals surface area contributed by atoms with Gasteiger partial charge in [-0.05, 0) is 19.1 Å². The number of anilines is 1. The van der Waals surface area contributed by atoms with Crippen molar-refractivity contribution in [2.75, 3.05) is 11.4 Å². The number of para-hydroxylation sites is 1. The van der Waals surface area contributed by atoms with Gasteiger partial charge in [-0.3, -0.25) is 4.79 Å². The number of rotatable bonds is 6. The molecule has 0 bridgehead atoms. The lowest BCUT2D eigenvalue weighted by atomic mass is 10.1. The van der Waals surface area contributed by atoms with E-state index < -0.39 is 18.0 Å². The van der Waals surface area contributed by atoms with E-state index in [0.29, 0.717) is 11.3 Å². The molecular weight excluding hydrogens is 248 g/mol. The molecule has 0 fully saturated rings. The molecule has 0 aliphatic rings. The third-order valence-electron chi connectivity index (χ3n) is 2.73. The minimum Gasteiger partial charge on any atom is -0.481 e. The molecule has 1 rings (SSSR count). The number of hydrogen-bond donors (Lipinski definition) is 2. The normalized spacial score (nSPS) is 11.4. The van der Waals surface area contributed by atoms with Crippen molar-refractivity contribution < 1.29 is 19.8 Å². The van der Waals surface area contributed by atoms with Crippen molar-refractivity contribution in [1.29, 1.82) is 5.26 Å².